The fourth-order valence-corrected chi connectivity index (χ4v) is 3.07. The molecule has 0 aromatic heterocycles. The summed E-state index contributed by atoms with van der Waals surface area (Å²) in [5.74, 6) is -1.64. The number of carboxylic acid groups (broad SMARTS) is 1. The molecule has 2 atom stereocenters. The average molecular weight is 310 g/mol. The van der Waals surface area contributed by atoms with Crippen molar-refractivity contribution in [2.24, 2.45) is 5.92 Å². The highest BCUT2D eigenvalue weighted by atomic mass is 35.5. The Bertz CT molecular complexity index is 518. The summed E-state index contributed by atoms with van der Waals surface area (Å²) in [5.41, 5.74) is 0.394. The van der Waals surface area contributed by atoms with Gasteiger partial charge in [0.1, 0.15) is 0 Å². The Labute approximate surface area is 129 Å². The zero-order valence-corrected chi connectivity index (χ0v) is 12.6. The lowest BCUT2D eigenvalue weighted by Gasteiger charge is -2.27. The van der Waals surface area contributed by atoms with Crippen LogP contribution in [0.4, 0.5) is 0 Å². The van der Waals surface area contributed by atoms with Gasteiger partial charge >= 0.3 is 5.97 Å². The number of benzene rings is 1. The average Bonchev–Trinajstić information content (AvgIpc) is 2.41. The monoisotopic (exact) mass is 309 g/mol. The van der Waals surface area contributed by atoms with Crippen LogP contribution in [0.25, 0.3) is 0 Å². The second kappa shape index (κ2) is 7.46. The predicted molar refractivity (Wildman–Crippen MR) is 81.5 cm³/mol. The molecule has 1 aromatic rings. The van der Waals surface area contributed by atoms with Crippen LogP contribution in [0.5, 0.6) is 0 Å². The lowest BCUT2D eigenvalue weighted by molar-refractivity contribution is -0.143. The first kappa shape index (κ1) is 15.8. The van der Waals surface area contributed by atoms with Gasteiger partial charge in [-0.1, -0.05) is 49.4 Å². The highest BCUT2D eigenvalue weighted by molar-refractivity contribution is 6.33. The van der Waals surface area contributed by atoms with Gasteiger partial charge in [0.05, 0.1) is 16.5 Å². The number of halogens is 1. The van der Waals surface area contributed by atoms with Crippen molar-refractivity contribution in [2.45, 2.75) is 44.6 Å². The summed E-state index contributed by atoms with van der Waals surface area (Å²) in [6.45, 7) is 0. The van der Waals surface area contributed by atoms with Crippen molar-refractivity contribution in [3.8, 4) is 0 Å². The van der Waals surface area contributed by atoms with Crippen molar-refractivity contribution in [1.29, 1.82) is 0 Å². The highest BCUT2D eigenvalue weighted by Crippen LogP contribution is 2.24. The summed E-state index contributed by atoms with van der Waals surface area (Å²) in [7, 11) is 0. The third-order valence-electron chi connectivity index (χ3n) is 4.02. The second-order valence-electron chi connectivity index (χ2n) is 5.50. The molecule has 1 aliphatic rings. The molecule has 2 unspecified atom stereocenters. The molecule has 0 heterocycles. The standard InChI is InChI=1S/C16H20ClNO3/c17-13-9-6-5-7-11(13)15(19)18-14-10-4-2-1-3-8-12(14)16(20)21/h5-7,9,12,14H,1-4,8,10H2,(H,18,19)(H,20,21). The Morgan fingerprint density at radius 2 is 1.76 bits per heavy atom. The van der Waals surface area contributed by atoms with Crippen LogP contribution in [0, 0.1) is 5.92 Å². The molecule has 2 rings (SSSR count). The van der Waals surface area contributed by atoms with Gasteiger partial charge in [0, 0.05) is 6.04 Å². The van der Waals surface area contributed by atoms with Crippen LogP contribution in [0.1, 0.15) is 48.9 Å². The van der Waals surface area contributed by atoms with Crippen LogP contribution in [0.15, 0.2) is 24.3 Å². The maximum atomic E-state index is 12.3. The van der Waals surface area contributed by atoms with Gasteiger partial charge in [-0.3, -0.25) is 9.59 Å². The zero-order chi connectivity index (χ0) is 15.2. The Morgan fingerprint density at radius 1 is 1.10 bits per heavy atom. The molecule has 0 radical (unpaired) electrons. The van der Waals surface area contributed by atoms with Crippen molar-refractivity contribution in [1.82, 2.24) is 5.32 Å². The van der Waals surface area contributed by atoms with Gasteiger partial charge in [0.15, 0.2) is 0 Å². The number of hydrogen-bond donors (Lipinski definition) is 2. The van der Waals surface area contributed by atoms with Crippen molar-refractivity contribution >= 4 is 23.5 Å². The number of nitrogens with one attached hydrogen (secondary N) is 1. The van der Waals surface area contributed by atoms with E-state index in [0.717, 1.165) is 25.7 Å². The molecule has 1 amide bonds. The fraction of sp³-hybridized carbons (Fsp3) is 0.500. The molecule has 4 nitrogen and oxygen atoms in total. The molecule has 0 bridgehead atoms. The molecule has 1 fully saturated rings. The Morgan fingerprint density at radius 3 is 2.43 bits per heavy atom. The summed E-state index contributed by atoms with van der Waals surface area (Å²) in [5, 5.41) is 12.6. The minimum Gasteiger partial charge on any atom is -0.481 e. The molecule has 0 spiro atoms. The summed E-state index contributed by atoms with van der Waals surface area (Å²) < 4.78 is 0. The van der Waals surface area contributed by atoms with Crippen LogP contribution in [0.2, 0.25) is 5.02 Å². The van der Waals surface area contributed by atoms with Gasteiger partial charge in [-0.15, -0.1) is 0 Å². The van der Waals surface area contributed by atoms with Crippen molar-refractivity contribution in [3.05, 3.63) is 34.9 Å². The molecule has 1 saturated carbocycles. The summed E-state index contributed by atoms with van der Waals surface area (Å²) in [6.07, 6.45) is 5.31. The molecule has 114 valence electrons. The molecule has 5 heteroatoms. The van der Waals surface area contributed by atoms with Crippen LogP contribution in [0.3, 0.4) is 0 Å². The lowest BCUT2D eigenvalue weighted by Crippen LogP contribution is -2.44. The van der Waals surface area contributed by atoms with Crippen LogP contribution < -0.4 is 5.32 Å². The number of amides is 1. The maximum absolute atomic E-state index is 12.3. The van der Waals surface area contributed by atoms with E-state index in [1.165, 1.54) is 0 Å². The van der Waals surface area contributed by atoms with E-state index in [-0.39, 0.29) is 11.9 Å². The Hall–Kier alpha value is -1.55. The second-order valence-corrected chi connectivity index (χ2v) is 5.90. The maximum Gasteiger partial charge on any atom is 0.308 e. The first-order valence-corrected chi connectivity index (χ1v) is 7.75. The van der Waals surface area contributed by atoms with E-state index in [1.807, 2.05) is 0 Å². The fourth-order valence-electron chi connectivity index (χ4n) is 2.84. The van der Waals surface area contributed by atoms with Gasteiger partial charge in [-0.25, -0.2) is 0 Å². The topological polar surface area (TPSA) is 66.4 Å². The number of carbonyl (C=O) groups is 2. The smallest absolute Gasteiger partial charge is 0.308 e. The first-order chi connectivity index (χ1) is 10.1. The van der Waals surface area contributed by atoms with Gasteiger partial charge in [0.2, 0.25) is 0 Å². The molecule has 1 aromatic carbocycles. The van der Waals surface area contributed by atoms with E-state index in [4.69, 9.17) is 11.6 Å². The highest BCUT2D eigenvalue weighted by Gasteiger charge is 2.30. The van der Waals surface area contributed by atoms with Crippen LogP contribution in [-0.2, 0) is 4.79 Å². The number of aliphatic carboxylic acids is 1. The summed E-state index contributed by atoms with van der Waals surface area (Å²) >= 11 is 6.02. The van der Waals surface area contributed by atoms with Crippen LogP contribution >= 0.6 is 11.6 Å². The molecule has 0 aliphatic heterocycles. The molecule has 21 heavy (non-hydrogen) atoms. The molecular formula is C16H20ClNO3. The SMILES string of the molecule is O=C(NC1CCCCCCC1C(=O)O)c1ccccc1Cl. The zero-order valence-electron chi connectivity index (χ0n) is 11.8. The predicted octanol–water partition coefficient (Wildman–Crippen LogP) is 3.49. The van der Waals surface area contributed by atoms with E-state index in [0.29, 0.717) is 23.4 Å². The summed E-state index contributed by atoms with van der Waals surface area (Å²) in [6, 6.07) is 6.48. The van der Waals surface area contributed by atoms with E-state index in [2.05, 4.69) is 5.32 Å². The number of carboxylic acids is 1. The Kier molecular flexibility index (Phi) is 5.62. The van der Waals surface area contributed by atoms with E-state index in [1.54, 1.807) is 24.3 Å². The van der Waals surface area contributed by atoms with Crippen molar-refractivity contribution in [2.75, 3.05) is 0 Å². The molecule has 1 aliphatic carbocycles. The van der Waals surface area contributed by atoms with E-state index in [9.17, 15) is 14.7 Å². The quantitative estimate of drug-likeness (QED) is 0.898. The minimum absolute atomic E-state index is 0.294. The molecule has 0 saturated heterocycles. The van der Waals surface area contributed by atoms with E-state index >= 15 is 0 Å². The van der Waals surface area contributed by atoms with Crippen molar-refractivity contribution < 1.29 is 14.7 Å². The normalized spacial score (nSPS) is 22.9. The van der Waals surface area contributed by atoms with Gasteiger partial charge < -0.3 is 10.4 Å². The number of carbonyl (C=O) groups excluding carboxylic acids is 1. The van der Waals surface area contributed by atoms with Crippen molar-refractivity contribution in [3.63, 3.8) is 0 Å². The first-order valence-electron chi connectivity index (χ1n) is 7.38. The summed E-state index contributed by atoms with van der Waals surface area (Å²) in [4.78, 5) is 23.7. The number of rotatable bonds is 3. The van der Waals surface area contributed by atoms with Gasteiger partial charge in [-0.2, -0.15) is 0 Å². The Balaban J connectivity index is 2.12. The van der Waals surface area contributed by atoms with Crippen LogP contribution in [-0.4, -0.2) is 23.0 Å². The van der Waals surface area contributed by atoms with Gasteiger partial charge in [0.25, 0.3) is 5.91 Å². The number of hydrogen-bond acceptors (Lipinski definition) is 2. The largest absolute Gasteiger partial charge is 0.481 e. The third kappa shape index (κ3) is 4.21. The lowest BCUT2D eigenvalue weighted by atomic mass is 9.86. The molecular weight excluding hydrogens is 290 g/mol. The third-order valence-corrected chi connectivity index (χ3v) is 4.35. The minimum atomic E-state index is -0.832. The molecule has 2 N–H and O–H groups in total. The van der Waals surface area contributed by atoms with Gasteiger partial charge in [-0.05, 0) is 25.0 Å². The van der Waals surface area contributed by atoms with E-state index < -0.39 is 11.9 Å².